The zero-order valence-corrected chi connectivity index (χ0v) is 11.2. The molecule has 2 aliphatic rings. The molecule has 0 amide bonds. The van der Waals surface area contributed by atoms with Crippen molar-refractivity contribution in [2.24, 2.45) is 11.1 Å². The molecule has 98 valence electrons. The van der Waals surface area contributed by atoms with Crippen molar-refractivity contribution in [3.05, 3.63) is 29.8 Å². The monoisotopic (exact) mass is 245 g/mol. The quantitative estimate of drug-likeness (QED) is 0.887. The van der Waals surface area contributed by atoms with E-state index in [0.717, 1.165) is 12.3 Å². The van der Waals surface area contributed by atoms with Crippen LogP contribution in [0.2, 0.25) is 0 Å². The molecule has 0 atom stereocenters. The van der Waals surface area contributed by atoms with Crippen molar-refractivity contribution < 1.29 is 4.74 Å². The van der Waals surface area contributed by atoms with Gasteiger partial charge in [0.05, 0.1) is 7.11 Å². The maximum absolute atomic E-state index is 6.09. The minimum atomic E-state index is 0.247. The molecular weight excluding hydrogens is 222 g/mol. The van der Waals surface area contributed by atoms with Gasteiger partial charge in [-0.05, 0) is 48.8 Å². The van der Waals surface area contributed by atoms with Gasteiger partial charge in [0.25, 0.3) is 0 Å². The van der Waals surface area contributed by atoms with Crippen LogP contribution in [0.25, 0.3) is 0 Å². The normalized spacial score (nSPS) is 23.9. The molecule has 2 nitrogen and oxygen atoms in total. The van der Waals surface area contributed by atoms with Crippen molar-refractivity contribution in [1.82, 2.24) is 0 Å². The van der Waals surface area contributed by atoms with E-state index in [1.807, 2.05) is 0 Å². The zero-order valence-electron chi connectivity index (χ0n) is 11.2. The summed E-state index contributed by atoms with van der Waals surface area (Å²) in [5.74, 6) is 0.931. The summed E-state index contributed by atoms with van der Waals surface area (Å²) in [6.07, 6.45) is 8.27. The third kappa shape index (κ3) is 1.74. The molecule has 0 aromatic heterocycles. The van der Waals surface area contributed by atoms with Gasteiger partial charge < -0.3 is 10.5 Å². The molecule has 1 aromatic carbocycles. The molecule has 1 aromatic rings. The first-order chi connectivity index (χ1) is 8.72. The molecule has 0 heterocycles. The fourth-order valence-corrected chi connectivity index (χ4v) is 4.27. The summed E-state index contributed by atoms with van der Waals surface area (Å²) in [6, 6.07) is 8.53. The van der Waals surface area contributed by atoms with E-state index >= 15 is 0 Å². The number of rotatable bonds is 3. The first kappa shape index (κ1) is 12.0. The van der Waals surface area contributed by atoms with E-state index in [1.165, 1.54) is 44.1 Å². The smallest absolute Gasteiger partial charge is 0.118 e. The highest BCUT2D eigenvalue weighted by atomic mass is 16.5. The highest BCUT2D eigenvalue weighted by Gasteiger charge is 2.54. The van der Waals surface area contributed by atoms with Crippen molar-refractivity contribution in [1.29, 1.82) is 0 Å². The molecule has 0 bridgehead atoms. The van der Waals surface area contributed by atoms with Crippen LogP contribution in [0.5, 0.6) is 5.75 Å². The minimum absolute atomic E-state index is 0.247. The van der Waals surface area contributed by atoms with E-state index in [0.29, 0.717) is 5.41 Å². The Hall–Kier alpha value is -1.02. The summed E-state index contributed by atoms with van der Waals surface area (Å²) in [4.78, 5) is 0. The summed E-state index contributed by atoms with van der Waals surface area (Å²) in [5, 5.41) is 0. The fraction of sp³-hybridized carbons (Fsp3) is 0.625. The SMILES string of the molecule is COc1ccc(C2(CN)CC3(CCCC3)C2)cc1. The van der Waals surface area contributed by atoms with Crippen LogP contribution in [-0.4, -0.2) is 13.7 Å². The maximum Gasteiger partial charge on any atom is 0.118 e. The Kier molecular flexibility index (Phi) is 2.86. The van der Waals surface area contributed by atoms with E-state index in [-0.39, 0.29) is 5.41 Å². The molecule has 18 heavy (non-hydrogen) atoms. The third-order valence-electron chi connectivity index (χ3n) is 5.18. The van der Waals surface area contributed by atoms with Crippen molar-refractivity contribution in [3.63, 3.8) is 0 Å². The Morgan fingerprint density at radius 1 is 1.11 bits per heavy atom. The second-order valence-electron chi connectivity index (χ2n) is 6.27. The first-order valence-corrected chi connectivity index (χ1v) is 7.07. The molecule has 0 unspecified atom stereocenters. The molecule has 2 fully saturated rings. The summed E-state index contributed by atoms with van der Waals surface area (Å²) in [7, 11) is 1.71. The molecule has 1 spiro atoms. The van der Waals surface area contributed by atoms with Gasteiger partial charge in [0.2, 0.25) is 0 Å². The van der Waals surface area contributed by atoms with Crippen molar-refractivity contribution in [2.45, 2.75) is 43.9 Å². The number of hydrogen-bond acceptors (Lipinski definition) is 2. The second kappa shape index (κ2) is 4.27. The van der Waals surface area contributed by atoms with E-state index in [9.17, 15) is 0 Å². The summed E-state index contributed by atoms with van der Waals surface area (Å²) < 4.78 is 5.23. The van der Waals surface area contributed by atoms with Gasteiger partial charge in [0, 0.05) is 12.0 Å². The molecule has 0 radical (unpaired) electrons. The summed E-state index contributed by atoms with van der Waals surface area (Å²) in [6.45, 7) is 0.779. The number of nitrogens with two attached hydrogens (primary N) is 1. The molecule has 3 rings (SSSR count). The van der Waals surface area contributed by atoms with Gasteiger partial charge in [-0.15, -0.1) is 0 Å². The predicted octanol–water partition coefficient (Wildman–Crippen LogP) is 3.25. The molecule has 2 aliphatic carbocycles. The van der Waals surface area contributed by atoms with Gasteiger partial charge in [-0.25, -0.2) is 0 Å². The van der Waals surface area contributed by atoms with E-state index < -0.39 is 0 Å². The second-order valence-corrected chi connectivity index (χ2v) is 6.27. The lowest BCUT2D eigenvalue weighted by Crippen LogP contribution is -2.52. The number of methoxy groups -OCH3 is 1. The van der Waals surface area contributed by atoms with Crippen LogP contribution in [0, 0.1) is 5.41 Å². The molecule has 0 aliphatic heterocycles. The van der Waals surface area contributed by atoms with Gasteiger partial charge >= 0.3 is 0 Å². The number of ether oxygens (including phenoxy) is 1. The van der Waals surface area contributed by atoms with Crippen LogP contribution < -0.4 is 10.5 Å². The van der Waals surface area contributed by atoms with Gasteiger partial charge in [-0.3, -0.25) is 0 Å². The van der Waals surface area contributed by atoms with Crippen LogP contribution in [0.1, 0.15) is 44.1 Å². The largest absolute Gasteiger partial charge is 0.497 e. The Morgan fingerprint density at radius 3 is 2.22 bits per heavy atom. The fourth-order valence-electron chi connectivity index (χ4n) is 4.27. The summed E-state index contributed by atoms with van der Waals surface area (Å²) >= 11 is 0. The van der Waals surface area contributed by atoms with Crippen LogP contribution in [0.15, 0.2) is 24.3 Å². The molecular formula is C16H23NO. The summed E-state index contributed by atoms with van der Waals surface area (Å²) in [5.41, 5.74) is 8.38. The van der Waals surface area contributed by atoms with Gasteiger partial charge in [-0.2, -0.15) is 0 Å². The van der Waals surface area contributed by atoms with Crippen molar-refractivity contribution >= 4 is 0 Å². The lowest BCUT2D eigenvalue weighted by molar-refractivity contribution is 0.0329. The molecule has 0 saturated heterocycles. The van der Waals surface area contributed by atoms with Gasteiger partial charge in [-0.1, -0.05) is 25.0 Å². The highest BCUT2D eigenvalue weighted by molar-refractivity contribution is 5.36. The van der Waals surface area contributed by atoms with Crippen LogP contribution in [0.4, 0.5) is 0 Å². The Labute approximate surface area is 110 Å². The first-order valence-electron chi connectivity index (χ1n) is 7.07. The van der Waals surface area contributed by atoms with Crippen molar-refractivity contribution in [2.75, 3.05) is 13.7 Å². The van der Waals surface area contributed by atoms with Gasteiger partial charge in [0.15, 0.2) is 0 Å². The predicted molar refractivity (Wildman–Crippen MR) is 73.9 cm³/mol. The minimum Gasteiger partial charge on any atom is -0.497 e. The van der Waals surface area contributed by atoms with Crippen molar-refractivity contribution in [3.8, 4) is 5.75 Å². The Bertz CT molecular complexity index is 409. The standard InChI is InChI=1S/C16H23NO/c1-18-14-6-4-13(5-7-14)16(12-17)10-15(11-16)8-2-3-9-15/h4-7H,2-3,8-12,17H2,1H3. The zero-order chi connectivity index (χ0) is 12.6. The lowest BCUT2D eigenvalue weighted by atomic mass is 9.50. The number of benzene rings is 1. The average molecular weight is 245 g/mol. The Balaban J connectivity index is 1.80. The van der Waals surface area contributed by atoms with E-state index in [1.54, 1.807) is 7.11 Å². The van der Waals surface area contributed by atoms with E-state index in [2.05, 4.69) is 24.3 Å². The Morgan fingerprint density at radius 2 is 1.72 bits per heavy atom. The average Bonchev–Trinajstić information content (AvgIpc) is 2.86. The maximum atomic E-state index is 6.09. The lowest BCUT2D eigenvalue weighted by Gasteiger charge is -2.55. The molecule has 2 saturated carbocycles. The topological polar surface area (TPSA) is 35.2 Å². The number of hydrogen-bond donors (Lipinski definition) is 1. The van der Waals surface area contributed by atoms with Gasteiger partial charge in [0.1, 0.15) is 5.75 Å². The highest BCUT2D eigenvalue weighted by Crippen LogP contribution is 2.62. The molecule has 2 heteroatoms. The van der Waals surface area contributed by atoms with Crippen LogP contribution >= 0.6 is 0 Å². The van der Waals surface area contributed by atoms with Crippen LogP contribution in [0.3, 0.4) is 0 Å². The third-order valence-corrected chi connectivity index (χ3v) is 5.18. The molecule has 2 N–H and O–H groups in total. The van der Waals surface area contributed by atoms with E-state index in [4.69, 9.17) is 10.5 Å². The van der Waals surface area contributed by atoms with Crippen LogP contribution in [-0.2, 0) is 5.41 Å².